The number of guanidine groups is 1. The molecule has 0 saturated carbocycles. The third kappa shape index (κ3) is 4.81. The summed E-state index contributed by atoms with van der Waals surface area (Å²) in [6, 6.07) is 8.53. The Morgan fingerprint density at radius 2 is 2.16 bits per heavy atom. The minimum absolute atomic E-state index is 0.369. The smallest absolute Gasteiger partial charge is 0.194 e. The third-order valence-electron chi connectivity index (χ3n) is 4.53. The number of likely N-dealkylation sites (tertiary alicyclic amines) is 1. The van der Waals surface area contributed by atoms with Gasteiger partial charge in [0, 0.05) is 19.6 Å². The molecular weight excluding hydrogens is 312 g/mol. The molecule has 1 aromatic carbocycles. The molecule has 1 aliphatic rings. The molecular formula is C19H28N6. The molecule has 1 saturated heterocycles. The van der Waals surface area contributed by atoms with Gasteiger partial charge in [0.25, 0.3) is 0 Å². The number of aromatic nitrogens is 3. The predicted molar refractivity (Wildman–Crippen MR) is 100 cm³/mol. The third-order valence-corrected chi connectivity index (χ3v) is 4.53. The average molecular weight is 340 g/mol. The van der Waals surface area contributed by atoms with Crippen molar-refractivity contribution in [2.75, 3.05) is 19.6 Å². The zero-order valence-corrected chi connectivity index (χ0v) is 15.4. The van der Waals surface area contributed by atoms with Gasteiger partial charge in [0.05, 0.1) is 13.1 Å². The highest BCUT2D eigenvalue weighted by Gasteiger charge is 2.30. The van der Waals surface area contributed by atoms with Crippen molar-refractivity contribution in [3.05, 3.63) is 48.0 Å². The molecule has 0 aliphatic carbocycles. The standard InChI is InChI=1S/C19H28N6/c1-4-21-18(24-9-8-19(2,3)13-24)22-11-16-6-5-7-17(10-16)12-25-15-20-14-23-25/h5-7,10,14-15H,4,8-9,11-13H2,1-3H3,(H,21,22). The molecule has 0 radical (unpaired) electrons. The Morgan fingerprint density at radius 1 is 1.32 bits per heavy atom. The fourth-order valence-corrected chi connectivity index (χ4v) is 3.21. The highest BCUT2D eigenvalue weighted by atomic mass is 15.3. The van der Waals surface area contributed by atoms with Crippen LogP contribution in [0.5, 0.6) is 0 Å². The van der Waals surface area contributed by atoms with Crippen LogP contribution in [-0.4, -0.2) is 45.3 Å². The minimum Gasteiger partial charge on any atom is -0.357 e. The summed E-state index contributed by atoms with van der Waals surface area (Å²) in [5.74, 6) is 1.02. The lowest BCUT2D eigenvalue weighted by atomic mass is 9.93. The van der Waals surface area contributed by atoms with Crippen LogP contribution in [0.15, 0.2) is 41.9 Å². The van der Waals surface area contributed by atoms with Gasteiger partial charge >= 0.3 is 0 Å². The van der Waals surface area contributed by atoms with E-state index in [9.17, 15) is 0 Å². The van der Waals surface area contributed by atoms with Gasteiger partial charge in [-0.1, -0.05) is 38.1 Å². The predicted octanol–water partition coefficient (Wildman–Crippen LogP) is 2.52. The SMILES string of the molecule is CCNC(=NCc1cccc(Cn2cncn2)c1)N1CCC(C)(C)C1. The van der Waals surface area contributed by atoms with E-state index in [4.69, 9.17) is 4.99 Å². The Morgan fingerprint density at radius 3 is 2.84 bits per heavy atom. The van der Waals surface area contributed by atoms with E-state index in [0.717, 1.165) is 32.1 Å². The maximum Gasteiger partial charge on any atom is 0.194 e. The number of nitrogens with one attached hydrogen (secondary N) is 1. The molecule has 1 aromatic heterocycles. The van der Waals surface area contributed by atoms with Crippen LogP contribution in [0.1, 0.15) is 38.3 Å². The Bertz CT molecular complexity index is 704. The zero-order valence-electron chi connectivity index (χ0n) is 15.4. The Kier molecular flexibility index (Phi) is 5.36. The van der Waals surface area contributed by atoms with Crippen molar-refractivity contribution >= 4 is 5.96 Å². The first kappa shape index (κ1) is 17.5. The summed E-state index contributed by atoms with van der Waals surface area (Å²) in [5, 5.41) is 7.60. The lowest BCUT2D eigenvalue weighted by molar-refractivity contribution is 0.370. The van der Waals surface area contributed by atoms with Crippen LogP contribution < -0.4 is 5.32 Å². The first-order valence-corrected chi connectivity index (χ1v) is 8.99. The summed E-state index contributed by atoms with van der Waals surface area (Å²) in [7, 11) is 0. The van der Waals surface area contributed by atoms with E-state index >= 15 is 0 Å². The van der Waals surface area contributed by atoms with E-state index in [1.165, 1.54) is 17.5 Å². The molecule has 25 heavy (non-hydrogen) atoms. The molecule has 0 bridgehead atoms. The van der Waals surface area contributed by atoms with E-state index in [1.54, 1.807) is 12.7 Å². The van der Waals surface area contributed by atoms with Crippen LogP contribution >= 0.6 is 0 Å². The quantitative estimate of drug-likeness (QED) is 0.671. The maximum atomic E-state index is 4.87. The monoisotopic (exact) mass is 340 g/mol. The van der Waals surface area contributed by atoms with Gasteiger partial charge < -0.3 is 10.2 Å². The summed E-state index contributed by atoms with van der Waals surface area (Å²) >= 11 is 0. The van der Waals surface area contributed by atoms with Crippen LogP contribution in [-0.2, 0) is 13.1 Å². The van der Waals surface area contributed by atoms with Crippen molar-refractivity contribution in [3.63, 3.8) is 0 Å². The normalized spacial score (nSPS) is 17.1. The van der Waals surface area contributed by atoms with E-state index in [-0.39, 0.29) is 0 Å². The van der Waals surface area contributed by atoms with Crippen LogP contribution in [0.3, 0.4) is 0 Å². The van der Waals surface area contributed by atoms with Crippen LogP contribution in [0.2, 0.25) is 0 Å². The molecule has 0 amide bonds. The van der Waals surface area contributed by atoms with E-state index in [0.29, 0.717) is 12.0 Å². The van der Waals surface area contributed by atoms with Gasteiger partial charge in [-0.2, -0.15) is 5.10 Å². The van der Waals surface area contributed by atoms with Gasteiger partial charge in [0.2, 0.25) is 0 Å². The fraction of sp³-hybridized carbons (Fsp3) is 0.526. The molecule has 6 nitrogen and oxygen atoms in total. The first-order chi connectivity index (χ1) is 12.1. The van der Waals surface area contributed by atoms with Gasteiger partial charge in [0.1, 0.15) is 12.7 Å². The molecule has 2 aromatic rings. The highest BCUT2D eigenvalue weighted by molar-refractivity contribution is 5.80. The number of nitrogens with zero attached hydrogens (tertiary/aromatic N) is 5. The van der Waals surface area contributed by atoms with E-state index in [2.05, 4.69) is 65.3 Å². The Labute approximate surface area is 150 Å². The molecule has 1 N–H and O–H groups in total. The zero-order chi connectivity index (χ0) is 17.7. The van der Waals surface area contributed by atoms with Crippen molar-refractivity contribution in [1.82, 2.24) is 25.0 Å². The van der Waals surface area contributed by atoms with Crippen molar-refractivity contribution in [3.8, 4) is 0 Å². The van der Waals surface area contributed by atoms with Gasteiger partial charge in [-0.3, -0.25) is 0 Å². The largest absolute Gasteiger partial charge is 0.357 e. The number of hydrogen-bond donors (Lipinski definition) is 1. The lowest BCUT2D eigenvalue weighted by Crippen LogP contribution is -2.40. The molecule has 3 rings (SSSR count). The molecule has 1 fully saturated rings. The molecule has 6 heteroatoms. The second-order valence-electron chi connectivity index (χ2n) is 7.42. The van der Waals surface area contributed by atoms with Crippen molar-refractivity contribution in [2.24, 2.45) is 10.4 Å². The summed E-state index contributed by atoms with van der Waals surface area (Å²) in [5.41, 5.74) is 2.80. The summed E-state index contributed by atoms with van der Waals surface area (Å²) in [6.07, 6.45) is 4.52. The molecule has 0 unspecified atom stereocenters. The number of hydrogen-bond acceptors (Lipinski definition) is 3. The molecule has 134 valence electrons. The van der Waals surface area contributed by atoms with Crippen molar-refractivity contribution in [1.29, 1.82) is 0 Å². The minimum atomic E-state index is 0.369. The van der Waals surface area contributed by atoms with Crippen molar-refractivity contribution in [2.45, 2.75) is 40.3 Å². The van der Waals surface area contributed by atoms with Crippen LogP contribution in [0, 0.1) is 5.41 Å². The second kappa shape index (κ2) is 7.68. The number of benzene rings is 1. The van der Waals surface area contributed by atoms with Gasteiger partial charge in [-0.15, -0.1) is 0 Å². The fourth-order valence-electron chi connectivity index (χ4n) is 3.21. The second-order valence-corrected chi connectivity index (χ2v) is 7.42. The first-order valence-electron chi connectivity index (χ1n) is 8.99. The Hall–Kier alpha value is -2.37. The van der Waals surface area contributed by atoms with Gasteiger partial charge in [-0.25, -0.2) is 14.7 Å². The van der Waals surface area contributed by atoms with E-state index in [1.807, 2.05) is 4.68 Å². The maximum absolute atomic E-state index is 4.87. The lowest BCUT2D eigenvalue weighted by Gasteiger charge is -2.23. The molecule has 0 spiro atoms. The molecule has 2 heterocycles. The van der Waals surface area contributed by atoms with Crippen LogP contribution in [0.25, 0.3) is 0 Å². The number of rotatable bonds is 5. The number of aliphatic imine (C=N–C) groups is 1. The Balaban J connectivity index is 1.68. The van der Waals surface area contributed by atoms with Crippen molar-refractivity contribution < 1.29 is 0 Å². The summed E-state index contributed by atoms with van der Waals surface area (Å²) < 4.78 is 1.83. The van der Waals surface area contributed by atoms with Gasteiger partial charge in [-0.05, 0) is 29.9 Å². The summed E-state index contributed by atoms with van der Waals surface area (Å²) in [4.78, 5) is 11.2. The molecule has 1 aliphatic heterocycles. The molecule has 0 atom stereocenters. The van der Waals surface area contributed by atoms with E-state index < -0.39 is 0 Å². The average Bonchev–Trinajstić information content (AvgIpc) is 3.21. The topological polar surface area (TPSA) is 58.3 Å². The summed E-state index contributed by atoms with van der Waals surface area (Å²) in [6.45, 7) is 11.2. The van der Waals surface area contributed by atoms with Gasteiger partial charge in [0.15, 0.2) is 5.96 Å². The van der Waals surface area contributed by atoms with Crippen LogP contribution in [0.4, 0.5) is 0 Å². The highest BCUT2D eigenvalue weighted by Crippen LogP contribution is 2.28.